The lowest BCUT2D eigenvalue weighted by Crippen LogP contribution is -2.37. The number of benzene rings is 2. The maximum Gasteiger partial charge on any atom is 0.190 e. The van der Waals surface area contributed by atoms with Crippen LogP contribution in [0.3, 0.4) is 0 Å². The first-order valence-electron chi connectivity index (χ1n) is 15.1. The van der Waals surface area contributed by atoms with Crippen LogP contribution in [0.1, 0.15) is 45.2 Å². The quantitative estimate of drug-likeness (QED) is 0.401. The molecule has 8 atom stereocenters. The summed E-state index contributed by atoms with van der Waals surface area (Å²) in [6.07, 6.45) is 0.949. The van der Waals surface area contributed by atoms with Crippen molar-refractivity contribution in [3.8, 4) is 11.5 Å². The fraction of sp³-hybridized carbons (Fsp3) is 0.576. The van der Waals surface area contributed by atoms with Crippen LogP contribution in [0.2, 0.25) is 0 Å². The van der Waals surface area contributed by atoms with Crippen molar-refractivity contribution in [3.05, 3.63) is 71.8 Å². The van der Waals surface area contributed by atoms with Crippen molar-refractivity contribution in [2.24, 2.45) is 0 Å². The Morgan fingerprint density at radius 2 is 1.00 bits per heavy atom. The molecule has 0 aromatic heterocycles. The number of hydrogen-bond acceptors (Lipinski definition) is 10. The first-order valence-corrected chi connectivity index (χ1v) is 15.1. The van der Waals surface area contributed by atoms with Crippen LogP contribution in [0, 0.1) is 0 Å². The van der Waals surface area contributed by atoms with Gasteiger partial charge in [-0.1, -0.05) is 48.6 Å². The minimum Gasteiger partial charge on any atom is -0.493 e. The van der Waals surface area contributed by atoms with Gasteiger partial charge < -0.3 is 47.4 Å². The van der Waals surface area contributed by atoms with E-state index < -0.39 is 60.8 Å². The van der Waals surface area contributed by atoms with Gasteiger partial charge in [-0.2, -0.15) is 0 Å². The van der Waals surface area contributed by atoms with Crippen LogP contribution in [-0.4, -0.2) is 74.0 Å². The molecule has 43 heavy (non-hydrogen) atoms. The smallest absolute Gasteiger partial charge is 0.190 e. The average Bonchev–Trinajstić information content (AvgIpc) is 3.64. The summed E-state index contributed by atoms with van der Waals surface area (Å²) in [4.78, 5) is 0. The third kappa shape index (κ3) is 6.21. The molecule has 10 nitrogen and oxygen atoms in total. The highest BCUT2D eigenvalue weighted by Gasteiger charge is 2.57. The van der Waals surface area contributed by atoms with E-state index >= 15 is 0 Å². The summed E-state index contributed by atoms with van der Waals surface area (Å²) in [5.74, 6) is 0.00245. The number of ether oxygens (including phenoxy) is 10. The molecule has 0 radical (unpaired) electrons. The van der Waals surface area contributed by atoms with Crippen LogP contribution < -0.4 is 9.47 Å². The maximum absolute atomic E-state index is 6.51. The van der Waals surface area contributed by atoms with Crippen LogP contribution in [0.15, 0.2) is 60.7 Å². The van der Waals surface area contributed by atoms with Crippen molar-refractivity contribution >= 4 is 0 Å². The number of para-hydroxylation sites is 2. The predicted octanol–water partition coefficient (Wildman–Crippen LogP) is 4.63. The van der Waals surface area contributed by atoms with Gasteiger partial charge in [0, 0.05) is 17.5 Å². The maximum atomic E-state index is 6.51. The highest BCUT2D eigenvalue weighted by Crippen LogP contribution is 2.42. The summed E-state index contributed by atoms with van der Waals surface area (Å²) < 4.78 is 62.6. The molecule has 5 heterocycles. The van der Waals surface area contributed by atoms with Gasteiger partial charge >= 0.3 is 0 Å². The highest BCUT2D eigenvalue weighted by molar-refractivity contribution is 5.34. The van der Waals surface area contributed by atoms with Gasteiger partial charge in [0.25, 0.3) is 0 Å². The van der Waals surface area contributed by atoms with Crippen LogP contribution in [0.25, 0.3) is 0 Å². The summed E-state index contributed by atoms with van der Waals surface area (Å²) >= 11 is 0. The van der Waals surface area contributed by atoms with Gasteiger partial charge in [0.15, 0.2) is 24.2 Å². The molecule has 0 aliphatic carbocycles. The number of rotatable bonds is 0. The van der Waals surface area contributed by atoms with Crippen LogP contribution >= 0.6 is 0 Å². The minimum absolute atomic E-state index is 0.317. The number of fused-ring (bicyclic) bond motifs is 8. The molecule has 0 unspecified atom stereocenters. The summed E-state index contributed by atoms with van der Waals surface area (Å²) in [5.41, 5.74) is 1.88. The van der Waals surface area contributed by atoms with E-state index in [1.165, 1.54) is 0 Å². The summed E-state index contributed by atoms with van der Waals surface area (Å²) in [6.45, 7) is 9.15. The van der Waals surface area contributed by atoms with Crippen molar-refractivity contribution < 1.29 is 47.4 Å². The third-order valence-electron chi connectivity index (χ3n) is 8.16. The zero-order valence-corrected chi connectivity index (χ0v) is 25.0. The normalized spacial score (nSPS) is 36.7. The Balaban J connectivity index is 1.18. The van der Waals surface area contributed by atoms with Gasteiger partial charge in [-0.3, -0.25) is 0 Å². The number of hydrogen-bond donors (Lipinski definition) is 0. The lowest BCUT2D eigenvalue weighted by molar-refractivity contribution is -0.215. The average molecular weight is 597 g/mol. The Morgan fingerprint density at radius 3 is 1.47 bits per heavy atom. The van der Waals surface area contributed by atoms with E-state index in [1.807, 2.05) is 88.4 Å². The SMILES string of the molecule is CC1(C)O[C@H]2O[C@@H]3C=C[C@H]4O[C@@H]5OC(C)(C)O[C@@H]5[C@H]4OCc4ccccc4OCCCOc4ccccc4CO[C@@H]3[C@H]2O1. The van der Waals surface area contributed by atoms with E-state index in [1.54, 1.807) is 0 Å². The van der Waals surface area contributed by atoms with Gasteiger partial charge in [0.1, 0.15) is 48.1 Å². The molecule has 0 spiro atoms. The Kier molecular flexibility index (Phi) is 7.98. The fourth-order valence-electron chi connectivity index (χ4n) is 6.24. The van der Waals surface area contributed by atoms with Gasteiger partial charge in [0.2, 0.25) is 0 Å². The monoisotopic (exact) mass is 596 g/mol. The Hall–Kier alpha value is -2.54. The molecule has 0 bridgehead atoms. The van der Waals surface area contributed by atoms with E-state index in [2.05, 4.69) is 0 Å². The molecule has 0 saturated carbocycles. The minimum atomic E-state index is -0.774. The van der Waals surface area contributed by atoms with E-state index in [0.29, 0.717) is 32.8 Å². The van der Waals surface area contributed by atoms with Crippen molar-refractivity contribution in [1.82, 2.24) is 0 Å². The fourth-order valence-corrected chi connectivity index (χ4v) is 6.24. The molecule has 5 aliphatic rings. The van der Waals surface area contributed by atoms with Gasteiger partial charge in [-0.15, -0.1) is 0 Å². The molecular weight excluding hydrogens is 556 g/mol. The van der Waals surface area contributed by atoms with Gasteiger partial charge in [-0.05, 0) is 39.8 Å². The second kappa shape index (κ2) is 11.8. The summed E-state index contributed by atoms with van der Waals surface area (Å²) in [6, 6.07) is 15.8. The van der Waals surface area contributed by atoms with E-state index in [4.69, 9.17) is 47.4 Å². The zero-order chi connectivity index (χ0) is 29.6. The summed E-state index contributed by atoms with van der Waals surface area (Å²) in [7, 11) is 0. The Labute approximate surface area is 252 Å². The van der Waals surface area contributed by atoms with Crippen LogP contribution in [-0.2, 0) is 51.1 Å². The molecular formula is C33H40O10. The molecule has 10 heteroatoms. The lowest BCUT2D eigenvalue weighted by atomic mass is 10.1. The predicted molar refractivity (Wildman–Crippen MR) is 152 cm³/mol. The highest BCUT2D eigenvalue weighted by atomic mass is 16.9. The van der Waals surface area contributed by atoms with Crippen LogP contribution in [0.5, 0.6) is 11.5 Å². The molecule has 7 rings (SSSR count). The zero-order valence-electron chi connectivity index (χ0n) is 25.0. The molecule has 0 N–H and O–H groups in total. The first-order chi connectivity index (χ1) is 20.7. The van der Waals surface area contributed by atoms with Gasteiger partial charge in [-0.25, -0.2) is 0 Å². The molecule has 232 valence electrons. The lowest BCUT2D eigenvalue weighted by Gasteiger charge is -2.26. The Bertz CT molecular complexity index is 1210. The standard InChI is InChI=1S/C33H40O10/c1-32(2)40-28-26-24(38-30(28)42-32)14-15-25-27(29-31(39-25)43-33(3,4)41-29)37-19-21-11-6-8-13-23(21)35-17-9-16-34-22-12-7-5-10-20(22)18-36-26/h5-8,10-15,24-31H,9,16-19H2,1-4H3/t24-,25-,26+,27+,28-,29-,30-,31-/m1/s1. The molecule has 0 amide bonds. The van der Waals surface area contributed by atoms with Crippen LogP contribution in [0.4, 0.5) is 0 Å². The molecule has 2 aromatic rings. The first kappa shape index (κ1) is 29.2. The summed E-state index contributed by atoms with van der Waals surface area (Å²) in [5, 5.41) is 0. The van der Waals surface area contributed by atoms with Crippen molar-refractivity contribution in [2.75, 3.05) is 13.2 Å². The third-order valence-corrected chi connectivity index (χ3v) is 8.16. The second-order valence-electron chi connectivity index (χ2n) is 12.3. The molecule has 2 aromatic carbocycles. The second-order valence-corrected chi connectivity index (χ2v) is 12.3. The molecule has 4 fully saturated rings. The largest absolute Gasteiger partial charge is 0.493 e. The van der Waals surface area contributed by atoms with Crippen molar-refractivity contribution in [3.63, 3.8) is 0 Å². The topological polar surface area (TPSA) is 92.3 Å². The van der Waals surface area contributed by atoms with Crippen molar-refractivity contribution in [2.45, 2.75) is 108 Å². The molecule has 4 saturated heterocycles. The Morgan fingerprint density at radius 1 is 0.558 bits per heavy atom. The van der Waals surface area contributed by atoms with E-state index in [9.17, 15) is 0 Å². The molecule has 5 aliphatic heterocycles. The van der Waals surface area contributed by atoms with E-state index in [0.717, 1.165) is 22.6 Å². The van der Waals surface area contributed by atoms with Gasteiger partial charge in [0.05, 0.1) is 26.4 Å². The van der Waals surface area contributed by atoms with Crippen molar-refractivity contribution in [1.29, 1.82) is 0 Å². The van der Waals surface area contributed by atoms with E-state index in [-0.39, 0.29) is 0 Å².